The molecule has 2 amide bonds. The van der Waals surface area contributed by atoms with Gasteiger partial charge in [0.1, 0.15) is 0 Å². The number of carbonyl (C=O) groups is 2. The topological polar surface area (TPSA) is 112 Å². The van der Waals surface area contributed by atoms with Gasteiger partial charge in [-0.1, -0.05) is 6.07 Å². The van der Waals surface area contributed by atoms with Crippen molar-refractivity contribution in [3.8, 4) is 6.07 Å². The van der Waals surface area contributed by atoms with Crippen LogP contribution in [0.3, 0.4) is 0 Å². The number of pyridine rings is 2. The van der Waals surface area contributed by atoms with Crippen molar-refractivity contribution in [1.29, 1.82) is 5.26 Å². The van der Waals surface area contributed by atoms with E-state index >= 15 is 0 Å². The monoisotopic (exact) mass is 396 g/mol. The van der Waals surface area contributed by atoms with Gasteiger partial charge in [0.25, 0.3) is 11.8 Å². The van der Waals surface area contributed by atoms with Gasteiger partial charge in [0.05, 0.1) is 17.1 Å². The molecule has 146 valence electrons. The molecule has 0 radical (unpaired) electrons. The Hall–Kier alpha value is -4.51. The molecule has 30 heavy (non-hydrogen) atoms. The minimum absolute atomic E-state index is 0.115. The SMILES string of the molecule is N#Cc1ccc(NC(=O)c2nc(C(=O)NCc3ccncc3)n3ccccc23)cc1. The molecule has 8 heteroatoms. The molecule has 0 fully saturated rings. The van der Waals surface area contributed by atoms with E-state index in [1.165, 1.54) is 0 Å². The summed E-state index contributed by atoms with van der Waals surface area (Å²) in [6.45, 7) is 0.315. The molecule has 0 saturated carbocycles. The first kappa shape index (κ1) is 18.8. The zero-order valence-electron chi connectivity index (χ0n) is 15.7. The highest BCUT2D eigenvalue weighted by molar-refractivity contribution is 6.08. The number of amides is 2. The van der Waals surface area contributed by atoms with Crippen LogP contribution < -0.4 is 10.6 Å². The lowest BCUT2D eigenvalue weighted by Crippen LogP contribution is -2.25. The van der Waals surface area contributed by atoms with Gasteiger partial charge in [-0.15, -0.1) is 0 Å². The summed E-state index contributed by atoms with van der Waals surface area (Å²) >= 11 is 0. The molecular formula is C22H16N6O2. The van der Waals surface area contributed by atoms with Crippen LogP contribution in [-0.2, 0) is 6.54 Å². The second kappa shape index (κ2) is 8.24. The van der Waals surface area contributed by atoms with Crippen LogP contribution in [0.1, 0.15) is 32.2 Å². The van der Waals surface area contributed by atoms with Gasteiger partial charge >= 0.3 is 0 Å². The number of hydrogen-bond acceptors (Lipinski definition) is 5. The van der Waals surface area contributed by atoms with Gasteiger partial charge in [0, 0.05) is 30.8 Å². The number of nitriles is 1. The average Bonchev–Trinajstić information content (AvgIpc) is 3.19. The van der Waals surface area contributed by atoms with Crippen LogP contribution in [0.15, 0.2) is 73.2 Å². The van der Waals surface area contributed by atoms with Crippen LogP contribution in [0, 0.1) is 11.3 Å². The van der Waals surface area contributed by atoms with Crippen LogP contribution in [0.25, 0.3) is 5.52 Å². The van der Waals surface area contributed by atoms with E-state index in [1.54, 1.807) is 77.6 Å². The summed E-state index contributed by atoms with van der Waals surface area (Å²) in [5, 5.41) is 14.4. The van der Waals surface area contributed by atoms with Crippen LogP contribution >= 0.6 is 0 Å². The number of nitrogens with zero attached hydrogens (tertiary/aromatic N) is 4. The molecule has 0 bridgehead atoms. The predicted octanol–water partition coefficient (Wildman–Crippen LogP) is 2.78. The first-order valence-corrected chi connectivity index (χ1v) is 9.11. The van der Waals surface area contributed by atoms with E-state index in [9.17, 15) is 9.59 Å². The summed E-state index contributed by atoms with van der Waals surface area (Å²) in [5.74, 6) is -0.730. The van der Waals surface area contributed by atoms with E-state index < -0.39 is 11.8 Å². The fourth-order valence-electron chi connectivity index (χ4n) is 2.95. The number of rotatable bonds is 5. The quantitative estimate of drug-likeness (QED) is 0.539. The Labute approximate surface area is 171 Å². The number of carbonyl (C=O) groups excluding carboxylic acids is 2. The second-order valence-corrected chi connectivity index (χ2v) is 6.42. The number of fused-ring (bicyclic) bond motifs is 1. The second-order valence-electron chi connectivity index (χ2n) is 6.42. The molecule has 0 aliphatic carbocycles. The molecule has 3 heterocycles. The van der Waals surface area contributed by atoms with Crippen molar-refractivity contribution in [3.63, 3.8) is 0 Å². The lowest BCUT2D eigenvalue weighted by molar-refractivity contribution is 0.0940. The van der Waals surface area contributed by atoms with E-state index in [1.807, 2.05) is 6.07 Å². The molecule has 0 saturated heterocycles. The molecule has 3 aromatic heterocycles. The highest BCUT2D eigenvalue weighted by Crippen LogP contribution is 2.16. The van der Waals surface area contributed by atoms with Crippen LogP contribution in [0.4, 0.5) is 5.69 Å². The number of anilines is 1. The van der Waals surface area contributed by atoms with E-state index in [2.05, 4.69) is 20.6 Å². The van der Waals surface area contributed by atoms with Crippen molar-refractivity contribution < 1.29 is 9.59 Å². The maximum absolute atomic E-state index is 12.8. The summed E-state index contributed by atoms with van der Waals surface area (Å²) in [7, 11) is 0. The van der Waals surface area contributed by atoms with Crippen molar-refractivity contribution in [2.45, 2.75) is 6.54 Å². The number of nitrogens with one attached hydrogen (secondary N) is 2. The minimum atomic E-state index is -0.448. The summed E-state index contributed by atoms with van der Waals surface area (Å²) in [5.41, 5.74) is 2.57. The standard InChI is InChI=1S/C22H16N6O2/c23-13-15-4-6-17(7-5-15)26-21(29)19-18-3-1-2-12-28(18)20(27-19)22(30)25-14-16-8-10-24-11-9-16/h1-12H,14H2,(H,25,30)(H,26,29). The first-order valence-electron chi connectivity index (χ1n) is 9.11. The van der Waals surface area contributed by atoms with Crippen molar-refractivity contribution in [2.24, 2.45) is 0 Å². The summed E-state index contributed by atoms with van der Waals surface area (Å²) in [6, 6.07) is 17.4. The van der Waals surface area contributed by atoms with E-state index in [0.29, 0.717) is 23.3 Å². The number of hydrogen-bond donors (Lipinski definition) is 2. The summed E-state index contributed by atoms with van der Waals surface area (Å²) in [4.78, 5) is 33.8. The Morgan fingerprint density at radius 3 is 2.50 bits per heavy atom. The lowest BCUT2D eigenvalue weighted by atomic mass is 10.2. The first-order chi connectivity index (χ1) is 14.7. The van der Waals surface area contributed by atoms with Crippen molar-refractivity contribution >= 4 is 23.0 Å². The van der Waals surface area contributed by atoms with E-state index in [-0.39, 0.29) is 11.5 Å². The largest absolute Gasteiger partial charge is 0.345 e. The fourth-order valence-corrected chi connectivity index (χ4v) is 2.95. The van der Waals surface area contributed by atoms with Crippen LogP contribution in [0.2, 0.25) is 0 Å². The van der Waals surface area contributed by atoms with E-state index in [0.717, 1.165) is 5.56 Å². The molecule has 0 spiro atoms. The third kappa shape index (κ3) is 3.86. The minimum Gasteiger partial charge on any atom is -0.345 e. The van der Waals surface area contributed by atoms with Crippen molar-refractivity contribution in [3.05, 3.63) is 95.8 Å². The van der Waals surface area contributed by atoms with Crippen LogP contribution in [-0.4, -0.2) is 26.2 Å². The Bertz CT molecular complexity index is 1260. The third-order valence-electron chi connectivity index (χ3n) is 4.44. The predicted molar refractivity (Wildman–Crippen MR) is 110 cm³/mol. The number of benzene rings is 1. The fraction of sp³-hybridized carbons (Fsp3) is 0.0455. The maximum Gasteiger partial charge on any atom is 0.287 e. The lowest BCUT2D eigenvalue weighted by Gasteiger charge is -2.04. The van der Waals surface area contributed by atoms with Crippen molar-refractivity contribution in [2.75, 3.05) is 5.32 Å². The Balaban J connectivity index is 1.59. The third-order valence-corrected chi connectivity index (χ3v) is 4.44. The normalized spacial score (nSPS) is 10.4. The average molecular weight is 396 g/mol. The van der Waals surface area contributed by atoms with Gasteiger partial charge in [-0.05, 0) is 54.1 Å². The van der Waals surface area contributed by atoms with E-state index in [4.69, 9.17) is 5.26 Å². The molecule has 0 aliphatic heterocycles. The maximum atomic E-state index is 12.8. The van der Waals surface area contributed by atoms with Gasteiger partial charge < -0.3 is 10.6 Å². The molecule has 0 unspecified atom stereocenters. The number of aromatic nitrogens is 3. The molecule has 8 nitrogen and oxygen atoms in total. The molecule has 0 aliphatic rings. The zero-order valence-corrected chi connectivity index (χ0v) is 15.7. The molecule has 2 N–H and O–H groups in total. The number of imidazole rings is 1. The summed E-state index contributed by atoms with van der Waals surface area (Å²) in [6.07, 6.45) is 4.98. The van der Waals surface area contributed by atoms with Gasteiger partial charge in [-0.25, -0.2) is 4.98 Å². The molecule has 1 aromatic carbocycles. The highest BCUT2D eigenvalue weighted by Gasteiger charge is 2.21. The van der Waals surface area contributed by atoms with Gasteiger partial charge in [-0.2, -0.15) is 5.26 Å². The Morgan fingerprint density at radius 1 is 1.00 bits per heavy atom. The smallest absolute Gasteiger partial charge is 0.287 e. The molecule has 4 rings (SSSR count). The van der Waals surface area contributed by atoms with Crippen LogP contribution in [0.5, 0.6) is 0 Å². The zero-order chi connectivity index (χ0) is 20.9. The van der Waals surface area contributed by atoms with Gasteiger partial charge in [-0.3, -0.25) is 19.0 Å². The molecule has 0 atom stereocenters. The highest BCUT2D eigenvalue weighted by atomic mass is 16.2. The molecule has 4 aromatic rings. The summed E-state index contributed by atoms with van der Waals surface area (Å²) < 4.78 is 1.58. The Morgan fingerprint density at radius 2 is 1.77 bits per heavy atom. The van der Waals surface area contributed by atoms with Gasteiger partial charge in [0.2, 0.25) is 5.82 Å². The van der Waals surface area contributed by atoms with Gasteiger partial charge in [0.15, 0.2) is 5.69 Å². The van der Waals surface area contributed by atoms with Crippen molar-refractivity contribution in [1.82, 2.24) is 19.7 Å². The molecular weight excluding hydrogens is 380 g/mol. The Kier molecular flexibility index (Phi) is 5.17.